The van der Waals surface area contributed by atoms with Crippen LogP contribution in [0.25, 0.3) is 0 Å². The zero-order chi connectivity index (χ0) is 14.7. The van der Waals surface area contributed by atoms with Crippen LogP contribution in [0.1, 0.15) is 53.4 Å². The first-order valence-electron chi connectivity index (χ1n) is 8.34. The van der Waals surface area contributed by atoms with Crippen LogP contribution in [0.4, 0.5) is 0 Å². The predicted molar refractivity (Wildman–Crippen MR) is 82.7 cm³/mol. The molecule has 2 aliphatic rings. The van der Waals surface area contributed by atoms with Crippen LogP contribution in [0.15, 0.2) is 0 Å². The molecule has 2 rings (SSSR count). The van der Waals surface area contributed by atoms with Crippen LogP contribution in [-0.4, -0.2) is 59.5 Å². The van der Waals surface area contributed by atoms with Crippen LogP contribution in [-0.2, 0) is 4.79 Å². The van der Waals surface area contributed by atoms with Crippen LogP contribution in [0.5, 0.6) is 0 Å². The molecule has 0 aromatic rings. The molecule has 0 aromatic carbocycles. The van der Waals surface area contributed by atoms with Crippen molar-refractivity contribution in [3.63, 3.8) is 0 Å². The van der Waals surface area contributed by atoms with Gasteiger partial charge in [0.2, 0.25) is 5.91 Å². The zero-order valence-corrected chi connectivity index (χ0v) is 13.6. The van der Waals surface area contributed by atoms with Crippen molar-refractivity contribution in [2.45, 2.75) is 77.5 Å². The van der Waals surface area contributed by atoms with Crippen LogP contribution in [0.3, 0.4) is 0 Å². The van der Waals surface area contributed by atoms with Gasteiger partial charge in [0.15, 0.2) is 0 Å². The van der Waals surface area contributed by atoms with Crippen molar-refractivity contribution in [3.05, 3.63) is 0 Å². The van der Waals surface area contributed by atoms with Gasteiger partial charge in [-0.3, -0.25) is 9.69 Å². The fourth-order valence-corrected chi connectivity index (χ4v) is 3.96. The van der Waals surface area contributed by atoms with Crippen LogP contribution in [0.2, 0.25) is 0 Å². The maximum atomic E-state index is 13.0. The molecule has 20 heavy (non-hydrogen) atoms. The monoisotopic (exact) mass is 281 g/mol. The second-order valence-electron chi connectivity index (χ2n) is 6.58. The predicted octanol–water partition coefficient (Wildman–Crippen LogP) is 1.85. The maximum absolute atomic E-state index is 13.0. The molecule has 0 saturated carbocycles. The van der Waals surface area contributed by atoms with E-state index in [1.54, 1.807) is 0 Å². The normalized spacial score (nSPS) is 32.5. The average molecular weight is 281 g/mol. The van der Waals surface area contributed by atoms with Gasteiger partial charge in [-0.15, -0.1) is 0 Å². The molecule has 1 N–H and O–H groups in total. The smallest absolute Gasteiger partial charge is 0.239 e. The second kappa shape index (κ2) is 6.90. The highest BCUT2D eigenvalue weighted by molar-refractivity contribution is 5.82. The summed E-state index contributed by atoms with van der Waals surface area (Å²) < 4.78 is 0. The number of rotatable bonds is 5. The van der Waals surface area contributed by atoms with E-state index in [2.05, 4.69) is 42.8 Å². The Labute approximate surface area is 123 Å². The Morgan fingerprint density at radius 3 is 2.45 bits per heavy atom. The summed E-state index contributed by atoms with van der Waals surface area (Å²) in [5, 5.41) is 3.38. The molecule has 4 nitrogen and oxygen atoms in total. The molecule has 2 heterocycles. The summed E-state index contributed by atoms with van der Waals surface area (Å²) in [6.07, 6.45) is 4.58. The van der Waals surface area contributed by atoms with Gasteiger partial charge in [0.05, 0.1) is 6.04 Å². The third kappa shape index (κ3) is 3.17. The minimum atomic E-state index is 0.0228. The van der Waals surface area contributed by atoms with E-state index in [9.17, 15) is 4.79 Å². The zero-order valence-electron chi connectivity index (χ0n) is 13.6. The first-order chi connectivity index (χ1) is 9.56. The summed E-state index contributed by atoms with van der Waals surface area (Å²) in [6, 6.07) is 1.50. The summed E-state index contributed by atoms with van der Waals surface area (Å²) >= 11 is 0. The Bertz CT molecular complexity index is 318. The number of hydrogen-bond donors (Lipinski definition) is 1. The lowest BCUT2D eigenvalue weighted by atomic mass is 10.1. The standard InChI is InChI=1S/C16H31N3O/c1-5-10-18(15-8-9-17-11-15)16(20)14(4)19-12(2)6-7-13(19)3/h12-15,17H,5-11H2,1-4H3. The molecule has 0 radical (unpaired) electrons. The van der Waals surface area contributed by atoms with Crippen molar-refractivity contribution < 1.29 is 4.79 Å². The lowest BCUT2D eigenvalue weighted by Gasteiger charge is -2.37. The molecular formula is C16H31N3O. The van der Waals surface area contributed by atoms with Crippen molar-refractivity contribution in [2.75, 3.05) is 19.6 Å². The van der Waals surface area contributed by atoms with Gasteiger partial charge >= 0.3 is 0 Å². The fourth-order valence-electron chi connectivity index (χ4n) is 3.96. The van der Waals surface area contributed by atoms with E-state index in [1.165, 1.54) is 12.8 Å². The lowest BCUT2D eigenvalue weighted by Crippen LogP contribution is -2.53. The van der Waals surface area contributed by atoms with Gasteiger partial charge in [-0.2, -0.15) is 0 Å². The molecule has 4 unspecified atom stereocenters. The number of amides is 1. The highest BCUT2D eigenvalue weighted by Crippen LogP contribution is 2.27. The van der Waals surface area contributed by atoms with E-state index in [1.807, 2.05) is 0 Å². The van der Waals surface area contributed by atoms with E-state index in [-0.39, 0.29) is 6.04 Å². The van der Waals surface area contributed by atoms with Crippen LogP contribution in [0, 0.1) is 0 Å². The highest BCUT2D eigenvalue weighted by atomic mass is 16.2. The molecule has 0 bridgehead atoms. The van der Waals surface area contributed by atoms with Crippen LogP contribution < -0.4 is 5.32 Å². The van der Waals surface area contributed by atoms with Crippen molar-refractivity contribution in [3.8, 4) is 0 Å². The number of hydrogen-bond acceptors (Lipinski definition) is 3. The molecule has 0 aliphatic carbocycles. The molecule has 2 saturated heterocycles. The third-order valence-corrected chi connectivity index (χ3v) is 5.05. The van der Waals surface area contributed by atoms with Gasteiger partial charge in [0.1, 0.15) is 0 Å². The molecule has 4 atom stereocenters. The molecule has 0 spiro atoms. The Kier molecular flexibility index (Phi) is 5.44. The van der Waals surface area contributed by atoms with Crippen molar-refractivity contribution in [1.29, 1.82) is 0 Å². The largest absolute Gasteiger partial charge is 0.337 e. The SMILES string of the molecule is CCCN(C(=O)C(C)N1C(C)CCC1C)C1CCNC1. The Morgan fingerprint density at radius 2 is 1.95 bits per heavy atom. The molecular weight excluding hydrogens is 250 g/mol. The van der Waals surface area contributed by atoms with E-state index in [0.717, 1.165) is 32.5 Å². The van der Waals surface area contributed by atoms with Crippen LogP contribution >= 0.6 is 0 Å². The lowest BCUT2D eigenvalue weighted by molar-refractivity contribution is -0.139. The molecule has 2 fully saturated rings. The van der Waals surface area contributed by atoms with E-state index < -0.39 is 0 Å². The number of carbonyl (C=O) groups is 1. The molecule has 2 aliphatic heterocycles. The Morgan fingerprint density at radius 1 is 1.30 bits per heavy atom. The molecule has 0 aromatic heterocycles. The number of nitrogens with one attached hydrogen (secondary N) is 1. The summed E-state index contributed by atoms with van der Waals surface area (Å²) in [6.45, 7) is 11.7. The quantitative estimate of drug-likeness (QED) is 0.835. The second-order valence-corrected chi connectivity index (χ2v) is 6.58. The summed E-state index contributed by atoms with van der Waals surface area (Å²) in [5.74, 6) is 0.334. The summed E-state index contributed by atoms with van der Waals surface area (Å²) in [7, 11) is 0. The first kappa shape index (κ1) is 15.8. The topological polar surface area (TPSA) is 35.6 Å². The minimum Gasteiger partial charge on any atom is -0.337 e. The van der Waals surface area contributed by atoms with Gasteiger partial charge in [0.25, 0.3) is 0 Å². The third-order valence-electron chi connectivity index (χ3n) is 5.05. The van der Waals surface area contributed by atoms with Gasteiger partial charge < -0.3 is 10.2 Å². The van der Waals surface area contributed by atoms with Gasteiger partial charge in [0, 0.05) is 31.2 Å². The summed E-state index contributed by atoms with van der Waals surface area (Å²) in [4.78, 5) is 17.5. The van der Waals surface area contributed by atoms with Gasteiger partial charge in [-0.05, 0) is 53.0 Å². The highest BCUT2D eigenvalue weighted by Gasteiger charge is 2.37. The number of nitrogens with zero attached hydrogens (tertiary/aromatic N) is 2. The van der Waals surface area contributed by atoms with E-state index in [4.69, 9.17) is 0 Å². The maximum Gasteiger partial charge on any atom is 0.239 e. The van der Waals surface area contributed by atoms with E-state index >= 15 is 0 Å². The fraction of sp³-hybridized carbons (Fsp3) is 0.938. The van der Waals surface area contributed by atoms with Gasteiger partial charge in [-0.25, -0.2) is 0 Å². The minimum absolute atomic E-state index is 0.0228. The van der Waals surface area contributed by atoms with Crippen molar-refractivity contribution in [2.24, 2.45) is 0 Å². The summed E-state index contributed by atoms with van der Waals surface area (Å²) in [5.41, 5.74) is 0. The molecule has 1 amide bonds. The first-order valence-corrected chi connectivity index (χ1v) is 8.34. The van der Waals surface area contributed by atoms with E-state index in [0.29, 0.717) is 24.0 Å². The van der Waals surface area contributed by atoms with Gasteiger partial charge in [-0.1, -0.05) is 6.92 Å². The Hall–Kier alpha value is -0.610. The molecule has 116 valence electrons. The van der Waals surface area contributed by atoms with Crippen molar-refractivity contribution in [1.82, 2.24) is 15.1 Å². The average Bonchev–Trinajstić information content (AvgIpc) is 3.05. The number of carbonyl (C=O) groups excluding carboxylic acids is 1. The Balaban J connectivity index is 2.05. The van der Waals surface area contributed by atoms with Crippen molar-refractivity contribution >= 4 is 5.91 Å². The number of likely N-dealkylation sites (tertiary alicyclic amines) is 1. The molecule has 4 heteroatoms.